The number of hydrogen-bond acceptors (Lipinski definition) is 6. The maximum Gasteiger partial charge on any atom is 0.410 e. The second-order valence-corrected chi connectivity index (χ2v) is 9.70. The third-order valence-corrected chi connectivity index (χ3v) is 6.65. The average Bonchev–Trinajstić information content (AvgIpc) is 3.50. The van der Waals surface area contributed by atoms with Gasteiger partial charge in [-0.2, -0.15) is 0 Å². The molecule has 2 unspecified atom stereocenters. The number of rotatable bonds is 5. The van der Waals surface area contributed by atoms with Crippen molar-refractivity contribution in [1.82, 2.24) is 4.90 Å². The summed E-state index contributed by atoms with van der Waals surface area (Å²) in [5, 5.41) is 9.88. The largest absolute Gasteiger partial charge is 0.443 e. The predicted octanol–water partition coefficient (Wildman–Crippen LogP) is 2.12. The summed E-state index contributed by atoms with van der Waals surface area (Å²) in [4.78, 5) is 14.0. The lowest BCUT2D eigenvalue weighted by molar-refractivity contribution is -0.133. The zero-order valence-electron chi connectivity index (χ0n) is 17.5. The predicted molar refractivity (Wildman–Crippen MR) is 102 cm³/mol. The molecular weight excluding hydrogens is 362 g/mol. The normalized spacial score (nSPS) is 44.0. The number of carbonyl (C=O) groups excluding carboxylic acids is 1. The van der Waals surface area contributed by atoms with Crippen molar-refractivity contribution in [1.29, 1.82) is 0 Å². The molecule has 1 amide bonds. The van der Waals surface area contributed by atoms with Gasteiger partial charge in [0.2, 0.25) is 0 Å². The highest BCUT2D eigenvalue weighted by Gasteiger charge is 2.72. The highest BCUT2D eigenvalue weighted by Crippen LogP contribution is 2.59. The van der Waals surface area contributed by atoms with Crippen LogP contribution in [0.15, 0.2) is 12.2 Å². The van der Waals surface area contributed by atoms with E-state index in [1.165, 1.54) is 4.90 Å². The van der Waals surface area contributed by atoms with Crippen molar-refractivity contribution >= 4 is 6.09 Å². The van der Waals surface area contributed by atoms with Gasteiger partial charge in [-0.15, -0.1) is 0 Å². The van der Waals surface area contributed by atoms with Crippen molar-refractivity contribution in [2.75, 3.05) is 26.8 Å². The van der Waals surface area contributed by atoms with Crippen molar-refractivity contribution < 1.29 is 28.8 Å². The fourth-order valence-corrected chi connectivity index (χ4v) is 5.05. The second-order valence-electron chi connectivity index (χ2n) is 9.70. The molecule has 7 nitrogen and oxygen atoms in total. The Morgan fingerprint density at radius 1 is 1.32 bits per heavy atom. The number of aliphatic hydroxyl groups is 1. The number of carbonyl (C=O) groups is 1. The van der Waals surface area contributed by atoms with Crippen molar-refractivity contribution in [3.63, 3.8) is 0 Å². The van der Waals surface area contributed by atoms with Crippen molar-refractivity contribution in [3.05, 3.63) is 12.2 Å². The van der Waals surface area contributed by atoms with Gasteiger partial charge in [-0.25, -0.2) is 4.79 Å². The maximum atomic E-state index is 12.5. The van der Waals surface area contributed by atoms with E-state index in [0.29, 0.717) is 32.0 Å². The number of amides is 1. The quantitative estimate of drug-likeness (QED) is 0.567. The summed E-state index contributed by atoms with van der Waals surface area (Å²) in [5.41, 5.74) is -1.43. The Morgan fingerprint density at radius 3 is 2.54 bits per heavy atom. The summed E-state index contributed by atoms with van der Waals surface area (Å²) in [6.45, 7) is 9.42. The van der Waals surface area contributed by atoms with Crippen LogP contribution in [0.3, 0.4) is 0 Å². The van der Waals surface area contributed by atoms with E-state index in [0.717, 1.165) is 6.42 Å². The van der Waals surface area contributed by atoms with Crippen LogP contribution in [-0.2, 0) is 18.9 Å². The molecule has 158 valence electrons. The summed E-state index contributed by atoms with van der Waals surface area (Å²) in [6.07, 6.45) is 4.82. The molecule has 3 saturated heterocycles. The van der Waals surface area contributed by atoms with Crippen LogP contribution >= 0.6 is 0 Å². The molecule has 3 heterocycles. The van der Waals surface area contributed by atoms with E-state index in [1.54, 1.807) is 14.0 Å². The van der Waals surface area contributed by atoms with Crippen LogP contribution in [0, 0.1) is 11.8 Å². The number of β-amino-alcohol motifs (C(OH)–C–C–N with tert-alkyl or cyclic N) is 1. The Balaban J connectivity index is 1.47. The molecule has 1 aliphatic carbocycles. The van der Waals surface area contributed by atoms with Crippen LogP contribution in [0.1, 0.15) is 40.5 Å². The van der Waals surface area contributed by atoms with Gasteiger partial charge >= 0.3 is 6.09 Å². The van der Waals surface area contributed by atoms with Gasteiger partial charge in [0.25, 0.3) is 0 Å². The number of allylic oxidation sites excluding steroid dienone is 1. The molecule has 0 aromatic heterocycles. The molecule has 1 N–H and O–H groups in total. The van der Waals surface area contributed by atoms with Gasteiger partial charge in [0.15, 0.2) is 0 Å². The van der Waals surface area contributed by atoms with Crippen LogP contribution in [-0.4, -0.2) is 78.0 Å². The molecule has 1 spiro atoms. The van der Waals surface area contributed by atoms with Gasteiger partial charge in [0.05, 0.1) is 31.2 Å². The molecule has 3 aliphatic heterocycles. The lowest BCUT2D eigenvalue weighted by atomic mass is 9.68. The number of methoxy groups -OCH3 is 1. The molecule has 28 heavy (non-hydrogen) atoms. The average molecular weight is 395 g/mol. The fraction of sp³-hybridized carbons (Fsp3) is 0.857. The molecule has 0 radical (unpaired) electrons. The van der Waals surface area contributed by atoms with Crippen LogP contribution < -0.4 is 0 Å². The molecule has 7 heteroatoms. The molecule has 4 rings (SSSR count). The van der Waals surface area contributed by atoms with E-state index in [-0.39, 0.29) is 41.5 Å². The van der Waals surface area contributed by atoms with Gasteiger partial charge < -0.3 is 29.0 Å². The van der Waals surface area contributed by atoms with Crippen molar-refractivity contribution in [3.8, 4) is 0 Å². The van der Waals surface area contributed by atoms with Crippen LogP contribution in [0.2, 0.25) is 0 Å². The minimum absolute atomic E-state index is 0.00198. The number of hydrogen-bond donors (Lipinski definition) is 1. The maximum absolute atomic E-state index is 12.5. The molecule has 0 bridgehead atoms. The minimum Gasteiger partial charge on any atom is -0.443 e. The minimum atomic E-state index is -0.814. The lowest BCUT2D eigenvalue weighted by Gasteiger charge is -2.46. The number of nitrogens with zero attached hydrogens (tertiary/aromatic N) is 1. The summed E-state index contributed by atoms with van der Waals surface area (Å²) >= 11 is 0. The summed E-state index contributed by atoms with van der Waals surface area (Å²) in [5.74, 6) is 0.462. The van der Waals surface area contributed by atoms with Crippen LogP contribution in [0.25, 0.3) is 0 Å². The molecule has 1 saturated carbocycles. The highest BCUT2D eigenvalue weighted by molar-refractivity contribution is 5.69. The highest BCUT2D eigenvalue weighted by atomic mass is 16.6. The Hall–Kier alpha value is -1.15. The van der Waals surface area contributed by atoms with E-state index >= 15 is 0 Å². The van der Waals surface area contributed by atoms with Crippen LogP contribution in [0.4, 0.5) is 4.79 Å². The van der Waals surface area contributed by atoms with E-state index in [2.05, 4.69) is 32.9 Å². The second kappa shape index (κ2) is 6.69. The monoisotopic (exact) mass is 395 g/mol. The van der Waals surface area contributed by atoms with Gasteiger partial charge in [-0.1, -0.05) is 26.0 Å². The van der Waals surface area contributed by atoms with Gasteiger partial charge in [0, 0.05) is 7.11 Å². The standard InChI is InChI=1S/C21H33NO6/c1-13(2)6-7-15-20(4,28-15)17-16(25-5)14(8-9-21(17)12-26-21)27-18(23)22-10-19(3,24)11-22/h6-7,13-17,24H,8-12H2,1-5H3/t14-,15-,16-,17?,20?,21+/m1/s1. The first kappa shape index (κ1) is 20.1. The van der Waals surface area contributed by atoms with Crippen molar-refractivity contribution in [2.24, 2.45) is 11.8 Å². The molecule has 6 atom stereocenters. The fourth-order valence-electron chi connectivity index (χ4n) is 5.05. The number of ether oxygens (including phenoxy) is 4. The Kier molecular flexibility index (Phi) is 4.81. The van der Waals surface area contributed by atoms with Gasteiger partial charge in [0.1, 0.15) is 29.5 Å². The summed E-state index contributed by atoms with van der Waals surface area (Å²) < 4.78 is 23.7. The number of likely N-dealkylation sites (tertiary alicyclic amines) is 1. The van der Waals surface area contributed by atoms with Gasteiger partial charge in [-0.3, -0.25) is 0 Å². The van der Waals surface area contributed by atoms with E-state index in [9.17, 15) is 9.90 Å². The zero-order chi connectivity index (χ0) is 20.3. The topological polar surface area (TPSA) is 84.1 Å². The Morgan fingerprint density at radius 2 is 2.00 bits per heavy atom. The first-order chi connectivity index (χ1) is 13.1. The molecule has 4 fully saturated rings. The third kappa shape index (κ3) is 3.47. The Bertz CT molecular complexity index is 649. The van der Waals surface area contributed by atoms with E-state index in [4.69, 9.17) is 18.9 Å². The Labute approximate surface area is 166 Å². The van der Waals surface area contributed by atoms with Crippen molar-refractivity contribution in [2.45, 2.75) is 75.7 Å². The van der Waals surface area contributed by atoms with E-state index < -0.39 is 5.60 Å². The molecule has 0 aromatic carbocycles. The van der Waals surface area contributed by atoms with Gasteiger partial charge in [-0.05, 0) is 32.6 Å². The molecule has 4 aliphatic rings. The third-order valence-electron chi connectivity index (χ3n) is 6.65. The zero-order valence-corrected chi connectivity index (χ0v) is 17.5. The smallest absolute Gasteiger partial charge is 0.410 e. The lowest BCUT2D eigenvalue weighted by Crippen LogP contribution is -2.63. The van der Waals surface area contributed by atoms with E-state index in [1.807, 2.05) is 0 Å². The molecule has 0 aromatic rings. The SMILES string of the molecule is CO[C@H]1C(C2(C)O[C@@H]2C=CC(C)C)[C@]2(CC[C@H]1OC(=O)N1CC(C)(O)C1)CO2. The summed E-state index contributed by atoms with van der Waals surface area (Å²) in [6, 6.07) is 0. The first-order valence-electron chi connectivity index (χ1n) is 10.3. The molecular formula is C21H33NO6. The summed E-state index contributed by atoms with van der Waals surface area (Å²) in [7, 11) is 1.67. The first-order valence-corrected chi connectivity index (χ1v) is 10.3. The van der Waals surface area contributed by atoms with Crippen LogP contribution in [0.5, 0.6) is 0 Å². The number of epoxide rings is 2.